The molecule has 0 amide bonds. The van der Waals surface area contributed by atoms with Gasteiger partial charge in [-0.2, -0.15) is 17.6 Å². The van der Waals surface area contributed by atoms with Crippen LogP contribution in [0.4, 0.5) is 17.6 Å². The Hall–Kier alpha value is -2.44. The Balaban J connectivity index is 2.44. The van der Waals surface area contributed by atoms with Crippen molar-refractivity contribution in [3.05, 3.63) is 53.5 Å². The fourth-order valence-corrected chi connectivity index (χ4v) is 1.71. The maximum absolute atomic E-state index is 13.7. The molecule has 3 nitrogen and oxygen atoms in total. The van der Waals surface area contributed by atoms with Crippen LogP contribution < -0.4 is 0 Å². The first kappa shape index (κ1) is 15.0. The lowest BCUT2D eigenvalue weighted by Crippen LogP contribution is -2.07. The number of carbonyl (C=O) groups excluding carboxylic acids is 1. The van der Waals surface area contributed by atoms with Crippen molar-refractivity contribution in [2.24, 2.45) is 0 Å². The molecular weight excluding hydrogens is 290 g/mol. The number of halogens is 4. The summed E-state index contributed by atoms with van der Waals surface area (Å²) in [6, 6.07) is 6.71. The van der Waals surface area contributed by atoms with Gasteiger partial charge in [-0.1, -0.05) is 12.1 Å². The highest BCUT2D eigenvalue weighted by Gasteiger charge is 2.30. The predicted octanol–water partition coefficient (Wildman–Crippen LogP) is 3.69. The lowest BCUT2D eigenvalue weighted by molar-refractivity contribution is -0.137. The first-order valence-corrected chi connectivity index (χ1v) is 5.75. The van der Waals surface area contributed by atoms with Gasteiger partial charge in [-0.25, -0.2) is 9.78 Å². The van der Waals surface area contributed by atoms with Crippen LogP contribution in [0, 0.1) is 5.95 Å². The zero-order valence-corrected chi connectivity index (χ0v) is 10.7. The van der Waals surface area contributed by atoms with E-state index < -0.39 is 23.7 Å². The number of rotatable bonds is 2. The monoisotopic (exact) mass is 299 g/mol. The summed E-state index contributed by atoms with van der Waals surface area (Å²) in [6.45, 7) is 0. The molecule has 110 valence electrons. The number of alkyl halides is 3. The highest BCUT2D eigenvalue weighted by molar-refractivity contribution is 5.89. The molecule has 21 heavy (non-hydrogen) atoms. The van der Waals surface area contributed by atoms with Crippen LogP contribution in [-0.4, -0.2) is 18.1 Å². The van der Waals surface area contributed by atoms with Gasteiger partial charge in [-0.15, -0.1) is 0 Å². The molecule has 0 fully saturated rings. The number of ether oxygens (including phenoxy) is 1. The molecule has 0 radical (unpaired) electrons. The first-order chi connectivity index (χ1) is 9.82. The Labute approximate surface area is 117 Å². The quantitative estimate of drug-likeness (QED) is 0.482. The minimum atomic E-state index is -4.50. The van der Waals surface area contributed by atoms with E-state index in [1.165, 1.54) is 18.2 Å². The Bertz CT molecular complexity index is 683. The second kappa shape index (κ2) is 5.51. The van der Waals surface area contributed by atoms with Crippen molar-refractivity contribution < 1.29 is 27.1 Å². The molecular formula is C14H9F4NO2. The van der Waals surface area contributed by atoms with E-state index in [0.717, 1.165) is 25.3 Å². The molecule has 1 aromatic heterocycles. The van der Waals surface area contributed by atoms with Crippen LogP contribution in [0.2, 0.25) is 0 Å². The van der Waals surface area contributed by atoms with E-state index >= 15 is 0 Å². The van der Waals surface area contributed by atoms with Crippen LogP contribution in [0.5, 0.6) is 0 Å². The van der Waals surface area contributed by atoms with Crippen LogP contribution in [0.25, 0.3) is 11.3 Å². The highest BCUT2D eigenvalue weighted by atomic mass is 19.4. The first-order valence-electron chi connectivity index (χ1n) is 5.75. The SMILES string of the molecule is COC(=O)c1ccc(-c2cccc(C(F)(F)F)c2)nc1F. The molecule has 0 unspecified atom stereocenters. The van der Waals surface area contributed by atoms with E-state index in [4.69, 9.17) is 0 Å². The Morgan fingerprint density at radius 1 is 1.19 bits per heavy atom. The maximum Gasteiger partial charge on any atom is 0.416 e. The van der Waals surface area contributed by atoms with E-state index in [1.54, 1.807) is 0 Å². The largest absolute Gasteiger partial charge is 0.465 e. The Morgan fingerprint density at radius 3 is 2.48 bits per heavy atom. The van der Waals surface area contributed by atoms with E-state index in [9.17, 15) is 22.4 Å². The molecule has 0 aliphatic heterocycles. The molecule has 0 bridgehead atoms. The summed E-state index contributed by atoms with van der Waals surface area (Å²) in [4.78, 5) is 14.7. The lowest BCUT2D eigenvalue weighted by atomic mass is 10.1. The third kappa shape index (κ3) is 3.18. The van der Waals surface area contributed by atoms with E-state index in [1.807, 2.05) is 0 Å². The minimum Gasteiger partial charge on any atom is -0.465 e. The molecule has 0 aliphatic carbocycles. The van der Waals surface area contributed by atoms with E-state index in [2.05, 4.69) is 9.72 Å². The van der Waals surface area contributed by atoms with Gasteiger partial charge in [0, 0.05) is 5.56 Å². The summed E-state index contributed by atoms with van der Waals surface area (Å²) in [6.07, 6.45) is -4.50. The van der Waals surface area contributed by atoms with Gasteiger partial charge >= 0.3 is 12.1 Å². The van der Waals surface area contributed by atoms with Gasteiger partial charge in [0.1, 0.15) is 5.56 Å². The van der Waals surface area contributed by atoms with Crippen LogP contribution >= 0.6 is 0 Å². The van der Waals surface area contributed by atoms with Gasteiger partial charge in [-0.05, 0) is 24.3 Å². The summed E-state index contributed by atoms with van der Waals surface area (Å²) < 4.78 is 55.9. The number of hydrogen-bond donors (Lipinski definition) is 0. The zero-order valence-electron chi connectivity index (χ0n) is 10.7. The minimum absolute atomic E-state index is 0.00810. The number of methoxy groups -OCH3 is 1. The third-order valence-electron chi connectivity index (χ3n) is 2.74. The number of aromatic nitrogens is 1. The molecule has 0 saturated carbocycles. The van der Waals surface area contributed by atoms with Crippen LogP contribution in [-0.2, 0) is 10.9 Å². The number of hydrogen-bond acceptors (Lipinski definition) is 3. The van der Waals surface area contributed by atoms with Crippen molar-refractivity contribution >= 4 is 5.97 Å². The van der Waals surface area contributed by atoms with Crippen LogP contribution in [0.3, 0.4) is 0 Å². The molecule has 0 spiro atoms. The molecule has 2 rings (SSSR count). The van der Waals surface area contributed by atoms with Gasteiger partial charge in [-0.3, -0.25) is 0 Å². The second-order valence-electron chi connectivity index (χ2n) is 4.11. The van der Waals surface area contributed by atoms with Crippen LogP contribution in [0.1, 0.15) is 15.9 Å². The summed E-state index contributed by atoms with van der Waals surface area (Å²) in [5, 5.41) is 0. The normalized spacial score (nSPS) is 11.3. The Kier molecular flexibility index (Phi) is 3.93. The van der Waals surface area contributed by atoms with Crippen molar-refractivity contribution in [1.29, 1.82) is 0 Å². The summed E-state index contributed by atoms with van der Waals surface area (Å²) in [5.74, 6) is -2.01. The molecule has 0 aliphatic rings. The average Bonchev–Trinajstić information content (AvgIpc) is 2.45. The van der Waals surface area contributed by atoms with E-state index in [-0.39, 0.29) is 16.8 Å². The van der Waals surface area contributed by atoms with Crippen molar-refractivity contribution in [2.75, 3.05) is 7.11 Å². The molecule has 2 aromatic rings. The summed E-state index contributed by atoms with van der Waals surface area (Å²) in [5.41, 5.74) is -1.15. The average molecular weight is 299 g/mol. The second-order valence-corrected chi connectivity index (χ2v) is 4.11. The van der Waals surface area contributed by atoms with Gasteiger partial charge in [0.2, 0.25) is 5.95 Å². The van der Waals surface area contributed by atoms with Crippen molar-refractivity contribution in [1.82, 2.24) is 4.98 Å². The van der Waals surface area contributed by atoms with Gasteiger partial charge in [0.05, 0.1) is 18.4 Å². The van der Waals surface area contributed by atoms with Crippen molar-refractivity contribution in [3.63, 3.8) is 0 Å². The maximum atomic E-state index is 13.7. The summed E-state index contributed by atoms with van der Waals surface area (Å²) >= 11 is 0. The predicted molar refractivity (Wildman–Crippen MR) is 66.0 cm³/mol. The van der Waals surface area contributed by atoms with Gasteiger partial charge in [0.15, 0.2) is 0 Å². The number of nitrogens with zero attached hydrogens (tertiary/aromatic N) is 1. The molecule has 0 atom stereocenters. The molecule has 1 aromatic carbocycles. The topological polar surface area (TPSA) is 39.2 Å². The fourth-order valence-electron chi connectivity index (χ4n) is 1.71. The smallest absolute Gasteiger partial charge is 0.416 e. The van der Waals surface area contributed by atoms with Gasteiger partial charge < -0.3 is 4.74 Å². The summed E-state index contributed by atoms with van der Waals surface area (Å²) in [7, 11) is 1.09. The molecule has 1 heterocycles. The highest BCUT2D eigenvalue weighted by Crippen LogP contribution is 2.31. The number of pyridine rings is 1. The number of benzene rings is 1. The fraction of sp³-hybridized carbons (Fsp3) is 0.143. The standard InChI is InChI=1S/C14H9F4NO2/c1-21-13(20)10-5-6-11(19-12(10)15)8-3-2-4-9(7-8)14(16,17)18/h2-7H,1H3. The Morgan fingerprint density at radius 2 is 1.90 bits per heavy atom. The number of esters is 1. The molecule has 7 heteroatoms. The zero-order chi connectivity index (χ0) is 15.6. The third-order valence-corrected chi connectivity index (χ3v) is 2.74. The lowest BCUT2D eigenvalue weighted by Gasteiger charge is -2.09. The van der Waals surface area contributed by atoms with Crippen molar-refractivity contribution in [2.45, 2.75) is 6.18 Å². The van der Waals surface area contributed by atoms with E-state index in [0.29, 0.717) is 0 Å². The molecule has 0 N–H and O–H groups in total. The van der Waals surface area contributed by atoms with Crippen molar-refractivity contribution in [3.8, 4) is 11.3 Å². The van der Waals surface area contributed by atoms with Crippen LogP contribution in [0.15, 0.2) is 36.4 Å². The number of carbonyl (C=O) groups is 1. The van der Waals surface area contributed by atoms with Gasteiger partial charge in [0.25, 0.3) is 0 Å². The molecule has 0 saturated heterocycles.